The zero-order valence-corrected chi connectivity index (χ0v) is 11.9. The number of esters is 1. The standard InChI is InChI=1S/C13H14O2.C6H4/c1-2-7-13(14)15-11-6-10-12-8-4-3-5-9-12;1-2-6-4-3-5(1)6/h2-6,8-10H,1,7,11H2;1-4H. The molecule has 0 aliphatic heterocycles. The molecular formula is C19H18O2. The van der Waals surface area contributed by atoms with Crippen molar-refractivity contribution in [1.82, 2.24) is 0 Å². The molecule has 0 N–H and O–H groups in total. The van der Waals surface area contributed by atoms with Crippen molar-refractivity contribution in [2.45, 2.75) is 6.42 Å². The molecule has 0 bridgehead atoms. The molecule has 0 heterocycles. The molecular weight excluding hydrogens is 260 g/mol. The van der Waals surface area contributed by atoms with Gasteiger partial charge in [0.15, 0.2) is 0 Å². The van der Waals surface area contributed by atoms with Crippen molar-refractivity contribution in [2.75, 3.05) is 6.61 Å². The van der Waals surface area contributed by atoms with Crippen molar-refractivity contribution < 1.29 is 9.53 Å². The van der Waals surface area contributed by atoms with Crippen LogP contribution in [0.5, 0.6) is 0 Å². The van der Waals surface area contributed by atoms with E-state index in [1.165, 1.54) is 17.2 Å². The second-order valence-electron chi connectivity index (χ2n) is 4.57. The van der Waals surface area contributed by atoms with Gasteiger partial charge in [0.1, 0.15) is 6.61 Å². The highest BCUT2D eigenvalue weighted by molar-refractivity contribution is 5.75. The Morgan fingerprint density at radius 1 is 1.00 bits per heavy atom. The normalized spacial score (nSPS) is 10.5. The Kier molecular flexibility index (Phi) is 5.53. The van der Waals surface area contributed by atoms with Crippen molar-refractivity contribution in [3.63, 3.8) is 0 Å². The lowest BCUT2D eigenvalue weighted by molar-refractivity contribution is -0.141. The maximum atomic E-state index is 10.9. The number of ether oxygens (including phenoxy) is 1. The lowest BCUT2D eigenvalue weighted by atomic mass is 9.95. The van der Waals surface area contributed by atoms with Gasteiger partial charge in [-0.25, -0.2) is 0 Å². The molecule has 0 amide bonds. The van der Waals surface area contributed by atoms with Gasteiger partial charge in [-0.3, -0.25) is 4.79 Å². The van der Waals surface area contributed by atoms with Gasteiger partial charge in [0.2, 0.25) is 0 Å². The fourth-order valence-electron chi connectivity index (χ4n) is 1.73. The Balaban J connectivity index is 0.000000218. The van der Waals surface area contributed by atoms with Gasteiger partial charge in [0, 0.05) is 0 Å². The van der Waals surface area contributed by atoms with Gasteiger partial charge < -0.3 is 4.74 Å². The zero-order valence-electron chi connectivity index (χ0n) is 11.9. The summed E-state index contributed by atoms with van der Waals surface area (Å²) < 4.78 is 4.91. The topological polar surface area (TPSA) is 26.3 Å². The quantitative estimate of drug-likeness (QED) is 0.508. The highest BCUT2D eigenvalue weighted by Gasteiger charge is 2.04. The fraction of sp³-hybridized carbons (Fsp3) is 0.105. The van der Waals surface area contributed by atoms with Gasteiger partial charge in [0.25, 0.3) is 0 Å². The molecule has 2 aliphatic rings. The number of fused-ring (bicyclic) bond motifs is 1. The summed E-state index contributed by atoms with van der Waals surface area (Å²) in [4.78, 5) is 10.9. The van der Waals surface area contributed by atoms with E-state index >= 15 is 0 Å². The largest absolute Gasteiger partial charge is 0.461 e. The van der Waals surface area contributed by atoms with E-state index in [1.807, 2.05) is 42.5 Å². The van der Waals surface area contributed by atoms with Crippen LogP contribution >= 0.6 is 0 Å². The van der Waals surface area contributed by atoms with Crippen LogP contribution in [0.1, 0.15) is 12.0 Å². The molecule has 1 aromatic carbocycles. The van der Waals surface area contributed by atoms with Crippen LogP contribution in [0.3, 0.4) is 0 Å². The fourth-order valence-corrected chi connectivity index (χ4v) is 1.73. The molecule has 3 rings (SSSR count). The molecule has 2 nitrogen and oxygen atoms in total. The molecule has 21 heavy (non-hydrogen) atoms. The van der Waals surface area contributed by atoms with Crippen LogP contribution in [-0.4, -0.2) is 12.6 Å². The maximum Gasteiger partial charge on any atom is 0.309 e. The second kappa shape index (κ2) is 7.85. The summed E-state index contributed by atoms with van der Waals surface area (Å²) in [5, 5.41) is 0. The Bertz CT molecular complexity index is 589. The number of carbonyl (C=O) groups is 1. The van der Waals surface area contributed by atoms with Gasteiger partial charge >= 0.3 is 5.97 Å². The number of rotatable bonds is 5. The van der Waals surface area contributed by atoms with E-state index in [0.717, 1.165) is 5.56 Å². The number of hydrogen-bond donors (Lipinski definition) is 0. The van der Waals surface area contributed by atoms with Gasteiger partial charge in [-0.2, -0.15) is 0 Å². The van der Waals surface area contributed by atoms with Gasteiger partial charge in [-0.1, -0.05) is 66.7 Å². The van der Waals surface area contributed by atoms with Crippen molar-refractivity contribution >= 4 is 12.0 Å². The monoisotopic (exact) mass is 278 g/mol. The highest BCUT2D eigenvalue weighted by Crippen LogP contribution is 2.29. The van der Waals surface area contributed by atoms with E-state index in [2.05, 4.69) is 30.8 Å². The third kappa shape index (κ3) is 4.77. The Morgan fingerprint density at radius 3 is 2.10 bits per heavy atom. The molecule has 1 aromatic rings. The van der Waals surface area contributed by atoms with E-state index < -0.39 is 0 Å². The lowest BCUT2D eigenvalue weighted by Gasteiger charge is -2.10. The van der Waals surface area contributed by atoms with Crippen LogP contribution in [0.2, 0.25) is 0 Å². The summed E-state index contributed by atoms with van der Waals surface area (Å²) in [6.45, 7) is 3.76. The van der Waals surface area contributed by atoms with Crippen molar-refractivity contribution in [3.05, 3.63) is 78.9 Å². The Hall–Kier alpha value is -2.61. The van der Waals surface area contributed by atoms with Crippen LogP contribution in [0, 0.1) is 0 Å². The molecule has 0 saturated carbocycles. The highest BCUT2D eigenvalue weighted by atomic mass is 16.5. The van der Waals surface area contributed by atoms with E-state index in [1.54, 1.807) is 0 Å². The third-order valence-corrected chi connectivity index (χ3v) is 2.98. The Labute approximate surface area is 125 Å². The van der Waals surface area contributed by atoms with Crippen LogP contribution in [0.25, 0.3) is 17.2 Å². The molecule has 106 valence electrons. The molecule has 0 unspecified atom stereocenters. The van der Waals surface area contributed by atoms with E-state index in [-0.39, 0.29) is 12.4 Å². The third-order valence-electron chi connectivity index (χ3n) is 2.98. The summed E-state index contributed by atoms with van der Waals surface area (Å²) in [5.74, 6) is -0.247. The smallest absolute Gasteiger partial charge is 0.309 e. The number of benzene rings is 2. The SMILES string of the molecule is C=CCC(=O)OCC=Cc1ccccc1.c1cc2ccc1-2. The minimum atomic E-state index is -0.247. The molecule has 0 spiro atoms. The van der Waals surface area contributed by atoms with Crippen molar-refractivity contribution in [3.8, 4) is 11.1 Å². The first kappa shape index (κ1) is 14.8. The Morgan fingerprint density at radius 2 is 1.62 bits per heavy atom. The van der Waals surface area contributed by atoms with Gasteiger partial charge in [0.05, 0.1) is 6.42 Å². The van der Waals surface area contributed by atoms with Crippen LogP contribution in [0.15, 0.2) is 73.3 Å². The van der Waals surface area contributed by atoms with Crippen molar-refractivity contribution in [2.24, 2.45) is 0 Å². The van der Waals surface area contributed by atoms with Crippen molar-refractivity contribution in [1.29, 1.82) is 0 Å². The summed E-state index contributed by atoms with van der Waals surface area (Å²) in [6, 6.07) is 18.3. The summed E-state index contributed by atoms with van der Waals surface area (Å²) in [5.41, 5.74) is 3.95. The van der Waals surface area contributed by atoms with Crippen LogP contribution in [-0.2, 0) is 9.53 Å². The van der Waals surface area contributed by atoms with Gasteiger partial charge in [-0.15, -0.1) is 6.58 Å². The summed E-state index contributed by atoms with van der Waals surface area (Å²) in [6.07, 6.45) is 5.53. The molecule has 0 radical (unpaired) electrons. The first-order valence-corrected chi connectivity index (χ1v) is 6.88. The zero-order chi connectivity index (χ0) is 14.9. The average molecular weight is 278 g/mol. The molecule has 0 fully saturated rings. The predicted molar refractivity (Wildman–Crippen MR) is 86.7 cm³/mol. The first-order valence-electron chi connectivity index (χ1n) is 6.88. The van der Waals surface area contributed by atoms with Crippen LogP contribution < -0.4 is 0 Å². The van der Waals surface area contributed by atoms with E-state index in [9.17, 15) is 4.79 Å². The molecule has 2 heteroatoms. The second-order valence-corrected chi connectivity index (χ2v) is 4.57. The minimum absolute atomic E-state index is 0.247. The number of carbonyl (C=O) groups excluding carboxylic acids is 1. The minimum Gasteiger partial charge on any atom is -0.461 e. The summed E-state index contributed by atoms with van der Waals surface area (Å²) in [7, 11) is 0. The number of hydrogen-bond acceptors (Lipinski definition) is 2. The molecule has 0 saturated heterocycles. The maximum absolute atomic E-state index is 10.9. The van der Waals surface area contributed by atoms with Crippen LogP contribution in [0.4, 0.5) is 0 Å². The average Bonchev–Trinajstić information content (AvgIpc) is 2.49. The lowest BCUT2D eigenvalue weighted by Crippen LogP contribution is -2.01. The van der Waals surface area contributed by atoms with E-state index in [0.29, 0.717) is 6.61 Å². The molecule has 2 aliphatic carbocycles. The molecule has 0 aromatic heterocycles. The molecule has 0 atom stereocenters. The predicted octanol–water partition coefficient (Wildman–Crippen LogP) is 4.49. The first-order chi connectivity index (χ1) is 10.3. The van der Waals surface area contributed by atoms with E-state index in [4.69, 9.17) is 4.74 Å². The van der Waals surface area contributed by atoms with Gasteiger partial charge in [-0.05, 0) is 22.8 Å². The summed E-state index contributed by atoms with van der Waals surface area (Å²) >= 11 is 0.